The second-order valence-electron chi connectivity index (χ2n) is 6.58. The van der Waals surface area contributed by atoms with Crippen molar-refractivity contribution in [3.63, 3.8) is 0 Å². The van der Waals surface area contributed by atoms with Crippen molar-refractivity contribution in [1.29, 1.82) is 0 Å². The van der Waals surface area contributed by atoms with Crippen LogP contribution >= 0.6 is 0 Å². The maximum absolute atomic E-state index is 6.17. The van der Waals surface area contributed by atoms with E-state index in [4.69, 9.17) is 5.73 Å². The van der Waals surface area contributed by atoms with E-state index >= 15 is 0 Å². The van der Waals surface area contributed by atoms with E-state index in [1.165, 1.54) is 38.8 Å². The van der Waals surface area contributed by atoms with E-state index in [9.17, 15) is 0 Å². The Labute approximate surface area is 115 Å². The molecule has 1 atom stereocenters. The van der Waals surface area contributed by atoms with Crippen LogP contribution < -0.4 is 5.73 Å². The summed E-state index contributed by atoms with van der Waals surface area (Å²) < 4.78 is 0. The molecule has 0 bridgehead atoms. The van der Waals surface area contributed by atoms with Gasteiger partial charge in [0, 0.05) is 25.2 Å². The summed E-state index contributed by atoms with van der Waals surface area (Å²) in [5.74, 6) is 1.42. The average Bonchev–Trinajstić information content (AvgIpc) is 2.29. The molecule has 0 heterocycles. The summed E-state index contributed by atoms with van der Waals surface area (Å²) >= 11 is 0. The van der Waals surface area contributed by atoms with Gasteiger partial charge in [-0.15, -0.1) is 0 Å². The first kappa shape index (κ1) is 17.9. The molecule has 0 saturated heterocycles. The Morgan fingerprint density at radius 1 is 1.00 bits per heavy atom. The monoisotopic (exact) mass is 256 g/mol. The highest BCUT2D eigenvalue weighted by molar-refractivity contribution is 4.91. The Kier molecular flexibility index (Phi) is 8.89. The zero-order valence-corrected chi connectivity index (χ0v) is 13.6. The fourth-order valence-electron chi connectivity index (χ4n) is 2.78. The summed E-state index contributed by atoms with van der Waals surface area (Å²) in [6.45, 7) is 17.0. The van der Waals surface area contributed by atoms with Gasteiger partial charge >= 0.3 is 0 Å². The zero-order chi connectivity index (χ0) is 14.2. The number of nitrogens with two attached hydrogens (primary N) is 1. The summed E-state index contributed by atoms with van der Waals surface area (Å²) in [5.41, 5.74) is 6.40. The molecule has 0 aliphatic heterocycles. The van der Waals surface area contributed by atoms with Crippen LogP contribution in [0.4, 0.5) is 0 Å². The first-order valence-corrected chi connectivity index (χ1v) is 7.87. The highest BCUT2D eigenvalue weighted by atomic mass is 15.2. The molecular formula is C16H36N2. The van der Waals surface area contributed by atoms with Gasteiger partial charge in [0.15, 0.2) is 0 Å². The number of hydrogen-bond acceptors (Lipinski definition) is 2. The minimum Gasteiger partial charge on any atom is -0.329 e. The topological polar surface area (TPSA) is 29.3 Å². The fraction of sp³-hybridized carbons (Fsp3) is 1.00. The molecule has 0 aromatic heterocycles. The van der Waals surface area contributed by atoms with Gasteiger partial charge in [0.05, 0.1) is 0 Å². The lowest BCUT2D eigenvalue weighted by atomic mass is 9.86. The first-order valence-electron chi connectivity index (χ1n) is 7.87. The van der Waals surface area contributed by atoms with E-state index in [0.717, 1.165) is 6.54 Å². The van der Waals surface area contributed by atoms with Gasteiger partial charge in [-0.2, -0.15) is 0 Å². The van der Waals surface area contributed by atoms with Crippen molar-refractivity contribution in [2.45, 2.75) is 72.8 Å². The van der Waals surface area contributed by atoms with Gasteiger partial charge in [0.25, 0.3) is 0 Å². The van der Waals surface area contributed by atoms with Crippen molar-refractivity contribution in [3.05, 3.63) is 0 Å². The predicted molar refractivity (Wildman–Crippen MR) is 82.9 cm³/mol. The molecule has 0 aliphatic rings. The van der Waals surface area contributed by atoms with Crippen LogP contribution in [0.15, 0.2) is 0 Å². The third-order valence-corrected chi connectivity index (χ3v) is 3.88. The third kappa shape index (κ3) is 5.71. The van der Waals surface area contributed by atoms with Crippen molar-refractivity contribution >= 4 is 0 Å². The molecule has 0 saturated carbocycles. The highest BCUT2D eigenvalue weighted by Gasteiger charge is 2.33. The van der Waals surface area contributed by atoms with Gasteiger partial charge in [-0.25, -0.2) is 0 Å². The summed E-state index contributed by atoms with van der Waals surface area (Å²) in [7, 11) is 0. The summed E-state index contributed by atoms with van der Waals surface area (Å²) in [6.07, 6.45) is 4.97. The molecule has 1 unspecified atom stereocenters. The van der Waals surface area contributed by atoms with Crippen molar-refractivity contribution in [1.82, 2.24) is 4.90 Å². The molecule has 0 fully saturated rings. The zero-order valence-electron chi connectivity index (χ0n) is 13.6. The van der Waals surface area contributed by atoms with E-state index in [-0.39, 0.29) is 5.54 Å². The quantitative estimate of drug-likeness (QED) is 0.642. The molecule has 0 aromatic carbocycles. The van der Waals surface area contributed by atoms with E-state index in [1.807, 2.05) is 0 Å². The molecule has 110 valence electrons. The normalized spacial score (nSPS) is 15.7. The Bertz CT molecular complexity index is 185. The largest absolute Gasteiger partial charge is 0.329 e. The smallest absolute Gasteiger partial charge is 0.0329 e. The summed E-state index contributed by atoms with van der Waals surface area (Å²) in [5, 5.41) is 0. The van der Waals surface area contributed by atoms with Crippen LogP contribution in [0.5, 0.6) is 0 Å². The molecule has 0 spiro atoms. The molecular weight excluding hydrogens is 220 g/mol. The fourth-order valence-corrected chi connectivity index (χ4v) is 2.78. The van der Waals surface area contributed by atoms with Crippen molar-refractivity contribution < 1.29 is 0 Å². The van der Waals surface area contributed by atoms with Gasteiger partial charge < -0.3 is 5.73 Å². The summed E-state index contributed by atoms with van der Waals surface area (Å²) in [6, 6.07) is 0. The average molecular weight is 256 g/mol. The van der Waals surface area contributed by atoms with E-state index < -0.39 is 0 Å². The molecule has 0 amide bonds. The van der Waals surface area contributed by atoms with Crippen LogP contribution in [0.2, 0.25) is 0 Å². The Morgan fingerprint density at radius 3 is 1.78 bits per heavy atom. The Hall–Kier alpha value is -0.0800. The van der Waals surface area contributed by atoms with Crippen LogP contribution in [0, 0.1) is 11.8 Å². The lowest BCUT2D eigenvalue weighted by molar-refractivity contribution is 0.0546. The number of hydrogen-bond donors (Lipinski definition) is 1. The van der Waals surface area contributed by atoms with Crippen LogP contribution in [0.25, 0.3) is 0 Å². The molecule has 0 aromatic rings. The SMILES string of the molecule is CCCCC(CC)(CN)N(CC(C)C)CC(C)C. The molecule has 0 aliphatic carbocycles. The highest BCUT2D eigenvalue weighted by Crippen LogP contribution is 2.27. The maximum Gasteiger partial charge on any atom is 0.0329 e. The molecule has 2 nitrogen and oxygen atoms in total. The lowest BCUT2D eigenvalue weighted by Crippen LogP contribution is -2.55. The first-order chi connectivity index (χ1) is 8.41. The number of unbranched alkanes of at least 4 members (excludes halogenated alkanes) is 1. The minimum absolute atomic E-state index is 0.227. The van der Waals surface area contributed by atoms with Gasteiger partial charge in [-0.05, 0) is 24.7 Å². The van der Waals surface area contributed by atoms with Crippen LogP contribution in [0.3, 0.4) is 0 Å². The summed E-state index contributed by atoms with van der Waals surface area (Å²) in [4.78, 5) is 2.68. The molecule has 0 rings (SSSR count). The Morgan fingerprint density at radius 2 is 1.50 bits per heavy atom. The lowest BCUT2D eigenvalue weighted by Gasteiger charge is -2.45. The van der Waals surface area contributed by atoms with Gasteiger partial charge in [-0.3, -0.25) is 4.90 Å². The van der Waals surface area contributed by atoms with Gasteiger partial charge in [0.2, 0.25) is 0 Å². The molecule has 18 heavy (non-hydrogen) atoms. The van der Waals surface area contributed by atoms with Crippen LogP contribution in [-0.4, -0.2) is 30.1 Å². The number of rotatable bonds is 10. The van der Waals surface area contributed by atoms with Crippen molar-refractivity contribution in [3.8, 4) is 0 Å². The third-order valence-electron chi connectivity index (χ3n) is 3.88. The molecule has 2 N–H and O–H groups in total. The Balaban J connectivity index is 4.92. The second kappa shape index (κ2) is 8.92. The van der Waals surface area contributed by atoms with Crippen LogP contribution in [-0.2, 0) is 0 Å². The van der Waals surface area contributed by atoms with Gasteiger partial charge in [0.1, 0.15) is 0 Å². The van der Waals surface area contributed by atoms with Gasteiger partial charge in [-0.1, -0.05) is 54.4 Å². The minimum atomic E-state index is 0.227. The maximum atomic E-state index is 6.17. The standard InChI is InChI=1S/C16H36N2/c1-7-9-10-16(8-2,13-17)18(11-14(3)4)12-15(5)6/h14-15H,7-13,17H2,1-6H3. The van der Waals surface area contributed by atoms with Crippen LogP contribution in [0.1, 0.15) is 67.2 Å². The molecule has 0 radical (unpaired) electrons. The van der Waals surface area contributed by atoms with E-state index in [0.29, 0.717) is 11.8 Å². The second-order valence-corrected chi connectivity index (χ2v) is 6.58. The van der Waals surface area contributed by atoms with Crippen molar-refractivity contribution in [2.75, 3.05) is 19.6 Å². The number of nitrogens with zero attached hydrogens (tertiary/aromatic N) is 1. The van der Waals surface area contributed by atoms with Crippen molar-refractivity contribution in [2.24, 2.45) is 17.6 Å². The molecule has 2 heteroatoms. The van der Waals surface area contributed by atoms with E-state index in [2.05, 4.69) is 46.4 Å². The van der Waals surface area contributed by atoms with E-state index in [1.54, 1.807) is 0 Å². The predicted octanol–water partition coefficient (Wildman–Crippen LogP) is 3.90.